The maximum atomic E-state index is 6.39. The molecule has 1 atom stereocenters. The molecule has 141 valence electrons. The highest BCUT2D eigenvalue weighted by Gasteiger charge is 2.23. The van der Waals surface area contributed by atoms with Crippen LogP contribution in [0.5, 0.6) is 17.2 Å². The van der Waals surface area contributed by atoms with Gasteiger partial charge in [-0.3, -0.25) is 4.98 Å². The van der Waals surface area contributed by atoms with Gasteiger partial charge in [0.25, 0.3) is 0 Å². The maximum absolute atomic E-state index is 6.39. The third-order valence-corrected chi connectivity index (χ3v) is 5.77. The molecule has 0 saturated heterocycles. The first-order chi connectivity index (χ1) is 13.6. The van der Waals surface area contributed by atoms with Gasteiger partial charge in [-0.2, -0.15) is 0 Å². The van der Waals surface area contributed by atoms with Gasteiger partial charge in [-0.15, -0.1) is 11.3 Å². The second kappa shape index (κ2) is 6.79. The fraction of sp³-hybridized carbons (Fsp3) is 0.190. The van der Waals surface area contributed by atoms with Crippen LogP contribution in [0.2, 0.25) is 5.02 Å². The first-order valence-electron chi connectivity index (χ1n) is 8.91. The van der Waals surface area contributed by atoms with E-state index in [1.165, 1.54) is 11.3 Å². The van der Waals surface area contributed by atoms with Gasteiger partial charge in [0.05, 0.1) is 23.8 Å². The van der Waals surface area contributed by atoms with E-state index in [9.17, 15) is 0 Å². The molecule has 1 aliphatic rings. The molecule has 0 N–H and O–H groups in total. The fourth-order valence-corrected chi connectivity index (χ4v) is 4.59. The van der Waals surface area contributed by atoms with Gasteiger partial charge in [-0.25, -0.2) is 4.98 Å². The zero-order valence-corrected chi connectivity index (χ0v) is 16.6. The number of hydrogen-bond acceptors (Lipinski definition) is 6. The van der Waals surface area contributed by atoms with Crippen molar-refractivity contribution < 1.29 is 14.2 Å². The molecule has 0 aliphatic carbocycles. The highest BCUT2D eigenvalue weighted by Crippen LogP contribution is 2.44. The third-order valence-electron chi connectivity index (χ3n) is 4.45. The number of aromatic nitrogens is 2. The molecule has 0 saturated carbocycles. The molecule has 5 rings (SSSR count). The van der Waals surface area contributed by atoms with Crippen molar-refractivity contribution in [2.45, 2.75) is 13.0 Å². The summed E-state index contributed by atoms with van der Waals surface area (Å²) in [4.78, 5) is 9.40. The SMILES string of the molecule is [CH2][C@@H]1COc2c(ccc3nc(-c4cc(Cl)cc5cc(OCC)cnc45)sc23)O1. The van der Waals surface area contributed by atoms with Crippen molar-refractivity contribution in [3.05, 3.63) is 48.5 Å². The Morgan fingerprint density at radius 3 is 3.07 bits per heavy atom. The van der Waals surface area contributed by atoms with Crippen LogP contribution in [0.3, 0.4) is 0 Å². The number of nitrogens with zero attached hydrogens (tertiary/aromatic N) is 2. The molecular formula is C21H16ClN2O3S. The minimum Gasteiger partial charge on any atom is -0.492 e. The summed E-state index contributed by atoms with van der Waals surface area (Å²) in [6.07, 6.45) is 1.52. The third kappa shape index (κ3) is 2.93. The van der Waals surface area contributed by atoms with Gasteiger partial charge in [-0.1, -0.05) is 11.6 Å². The molecule has 2 aromatic heterocycles. The lowest BCUT2D eigenvalue weighted by Crippen LogP contribution is -2.25. The zero-order valence-electron chi connectivity index (χ0n) is 15.1. The molecule has 0 spiro atoms. The van der Waals surface area contributed by atoms with Crippen LogP contribution in [0.4, 0.5) is 0 Å². The van der Waals surface area contributed by atoms with Crippen LogP contribution >= 0.6 is 22.9 Å². The Morgan fingerprint density at radius 1 is 1.32 bits per heavy atom. The summed E-state index contributed by atoms with van der Waals surface area (Å²) >= 11 is 7.93. The highest BCUT2D eigenvalue weighted by molar-refractivity contribution is 7.22. The Kier molecular flexibility index (Phi) is 4.25. The van der Waals surface area contributed by atoms with E-state index in [1.54, 1.807) is 6.20 Å². The standard InChI is InChI=1S/C21H16ClN2O3S/c1-3-25-14-7-12-6-13(22)8-15(18(12)23-9-14)21-24-16-4-5-17-19(20(16)28-21)26-10-11(2)27-17/h4-9,11H,2-3,10H2,1H3/t11-/m1/s1. The van der Waals surface area contributed by atoms with Crippen LogP contribution in [0, 0.1) is 6.92 Å². The summed E-state index contributed by atoms with van der Waals surface area (Å²) in [6.45, 7) is 6.84. The van der Waals surface area contributed by atoms with Crippen molar-refractivity contribution in [2.24, 2.45) is 0 Å². The van der Waals surface area contributed by atoms with Gasteiger partial charge in [0, 0.05) is 16.0 Å². The molecular weight excluding hydrogens is 396 g/mol. The molecule has 4 aromatic rings. The smallest absolute Gasteiger partial charge is 0.180 e. The van der Waals surface area contributed by atoms with Crippen LogP contribution < -0.4 is 14.2 Å². The number of hydrogen-bond donors (Lipinski definition) is 0. The lowest BCUT2D eigenvalue weighted by Gasteiger charge is -2.23. The summed E-state index contributed by atoms with van der Waals surface area (Å²) in [5, 5.41) is 2.36. The van der Waals surface area contributed by atoms with Crippen molar-refractivity contribution in [1.82, 2.24) is 9.97 Å². The number of fused-ring (bicyclic) bond motifs is 4. The largest absolute Gasteiger partial charge is 0.492 e. The van der Waals surface area contributed by atoms with E-state index in [2.05, 4.69) is 11.9 Å². The monoisotopic (exact) mass is 411 g/mol. The van der Waals surface area contributed by atoms with Crippen LogP contribution in [0.25, 0.3) is 31.7 Å². The number of ether oxygens (including phenoxy) is 3. The van der Waals surface area contributed by atoms with Crippen molar-refractivity contribution in [2.75, 3.05) is 13.2 Å². The number of pyridine rings is 1. The number of thiazole rings is 1. The zero-order chi connectivity index (χ0) is 19.3. The number of benzene rings is 2. The second-order valence-electron chi connectivity index (χ2n) is 6.44. The van der Waals surface area contributed by atoms with Gasteiger partial charge in [0.2, 0.25) is 0 Å². The van der Waals surface area contributed by atoms with Crippen molar-refractivity contribution in [3.63, 3.8) is 0 Å². The molecule has 0 unspecified atom stereocenters. The Labute approximate surface area is 170 Å². The van der Waals surface area contributed by atoms with E-state index < -0.39 is 0 Å². The molecule has 0 amide bonds. The summed E-state index contributed by atoms with van der Waals surface area (Å²) in [5.74, 6) is 2.14. The quantitative estimate of drug-likeness (QED) is 0.443. The summed E-state index contributed by atoms with van der Waals surface area (Å²) in [6, 6.07) is 9.53. The molecule has 3 heterocycles. The Bertz CT molecular complexity index is 1210. The van der Waals surface area contributed by atoms with E-state index >= 15 is 0 Å². The van der Waals surface area contributed by atoms with Gasteiger partial charge in [0.1, 0.15) is 28.2 Å². The minimum atomic E-state index is -0.210. The summed E-state index contributed by atoms with van der Waals surface area (Å²) in [5.41, 5.74) is 2.56. The first-order valence-corrected chi connectivity index (χ1v) is 10.1. The van der Waals surface area contributed by atoms with Crippen LogP contribution in [-0.2, 0) is 0 Å². The average Bonchev–Trinajstić information content (AvgIpc) is 3.11. The Balaban J connectivity index is 1.68. The van der Waals surface area contributed by atoms with Gasteiger partial charge < -0.3 is 14.2 Å². The second-order valence-corrected chi connectivity index (χ2v) is 7.88. The van der Waals surface area contributed by atoms with E-state index in [1.807, 2.05) is 37.3 Å². The van der Waals surface area contributed by atoms with E-state index in [0.29, 0.717) is 24.0 Å². The first kappa shape index (κ1) is 17.5. The molecule has 2 aromatic carbocycles. The molecule has 28 heavy (non-hydrogen) atoms. The Morgan fingerprint density at radius 2 is 2.21 bits per heavy atom. The lowest BCUT2D eigenvalue weighted by atomic mass is 10.1. The number of halogens is 1. The van der Waals surface area contributed by atoms with Crippen LogP contribution in [0.1, 0.15) is 6.92 Å². The molecule has 5 nitrogen and oxygen atoms in total. The molecule has 1 radical (unpaired) electrons. The minimum absolute atomic E-state index is 0.210. The predicted molar refractivity (Wildman–Crippen MR) is 112 cm³/mol. The predicted octanol–water partition coefficient (Wildman–Crippen LogP) is 5.54. The van der Waals surface area contributed by atoms with E-state index in [0.717, 1.165) is 43.2 Å². The average molecular weight is 412 g/mol. The van der Waals surface area contributed by atoms with Crippen LogP contribution in [0.15, 0.2) is 36.5 Å². The van der Waals surface area contributed by atoms with Gasteiger partial charge in [-0.05, 0) is 44.2 Å². The number of rotatable bonds is 3. The summed E-state index contributed by atoms with van der Waals surface area (Å²) in [7, 11) is 0. The molecule has 0 fully saturated rings. The Hall–Kier alpha value is -2.57. The van der Waals surface area contributed by atoms with Crippen LogP contribution in [-0.4, -0.2) is 29.3 Å². The van der Waals surface area contributed by atoms with Crippen molar-refractivity contribution in [1.29, 1.82) is 0 Å². The van der Waals surface area contributed by atoms with E-state index in [4.69, 9.17) is 30.8 Å². The maximum Gasteiger partial charge on any atom is 0.180 e. The summed E-state index contributed by atoms with van der Waals surface area (Å²) < 4.78 is 18.2. The fourth-order valence-electron chi connectivity index (χ4n) is 3.29. The highest BCUT2D eigenvalue weighted by atomic mass is 35.5. The van der Waals surface area contributed by atoms with Gasteiger partial charge >= 0.3 is 0 Å². The molecule has 1 aliphatic heterocycles. The normalized spacial score (nSPS) is 15.9. The molecule has 7 heteroatoms. The topological polar surface area (TPSA) is 53.5 Å². The van der Waals surface area contributed by atoms with E-state index in [-0.39, 0.29) is 6.10 Å². The van der Waals surface area contributed by atoms with Crippen molar-refractivity contribution in [3.8, 4) is 27.8 Å². The lowest BCUT2D eigenvalue weighted by molar-refractivity contribution is 0.123. The van der Waals surface area contributed by atoms with Gasteiger partial charge in [0.15, 0.2) is 11.5 Å². The van der Waals surface area contributed by atoms with Crippen molar-refractivity contribution >= 4 is 44.1 Å². The molecule has 0 bridgehead atoms.